The predicted molar refractivity (Wildman–Crippen MR) is 136 cm³/mol. The second-order valence-corrected chi connectivity index (χ2v) is 11.3. The van der Waals surface area contributed by atoms with Crippen molar-refractivity contribution in [2.75, 3.05) is 24.9 Å². The lowest BCUT2D eigenvalue weighted by Crippen LogP contribution is -2.53. The Bertz CT molecular complexity index is 1160. The average molecular weight is 547 g/mol. The van der Waals surface area contributed by atoms with Crippen molar-refractivity contribution in [1.82, 2.24) is 14.5 Å². The Balaban J connectivity index is 2.47. The molecule has 0 aliphatic heterocycles. The maximum absolute atomic E-state index is 13.5. The summed E-state index contributed by atoms with van der Waals surface area (Å²) in [7, 11) is -1.48. The van der Waals surface area contributed by atoms with Crippen molar-refractivity contribution in [3.8, 4) is 0 Å². The fourth-order valence-electron chi connectivity index (χ4n) is 3.15. The highest BCUT2D eigenvalue weighted by atomic mass is 35.5. The molecule has 35 heavy (non-hydrogen) atoms. The number of hydrogen-bond donors (Lipinski definition) is 1. The summed E-state index contributed by atoms with van der Waals surface area (Å²) in [6, 6.07) is 8.44. The molecule has 1 atom stereocenters. The third kappa shape index (κ3) is 7.54. The van der Waals surface area contributed by atoms with E-state index in [0.29, 0.717) is 10.6 Å². The molecule has 0 aromatic heterocycles. The normalized spacial score (nSPS) is 12.5. The lowest BCUT2D eigenvalue weighted by molar-refractivity contribution is -0.139. The summed E-state index contributed by atoms with van der Waals surface area (Å²) in [6.45, 7) is 4.48. The highest BCUT2D eigenvalue weighted by molar-refractivity contribution is 7.90. The van der Waals surface area contributed by atoms with Gasteiger partial charge < -0.3 is 10.2 Å². The molecule has 0 bridgehead atoms. The zero-order chi connectivity index (χ0) is 26.5. The minimum Gasteiger partial charge on any atom is -0.352 e. The lowest BCUT2D eigenvalue weighted by atomic mass is 10.1. The first-order valence-corrected chi connectivity index (χ1v) is 12.9. The highest BCUT2D eigenvalue weighted by Gasteiger charge is 2.32. The molecule has 2 amide bonds. The summed E-state index contributed by atoms with van der Waals surface area (Å²) in [6.07, 6.45) is 0. The van der Waals surface area contributed by atoms with Crippen molar-refractivity contribution in [1.29, 1.82) is 0 Å². The second-order valence-electron chi connectivity index (χ2n) is 8.38. The van der Waals surface area contributed by atoms with Gasteiger partial charge in [-0.25, -0.2) is 8.70 Å². The van der Waals surface area contributed by atoms with Crippen LogP contribution in [-0.4, -0.2) is 62.2 Å². The molecule has 2 aromatic carbocycles. The van der Waals surface area contributed by atoms with Gasteiger partial charge in [-0.1, -0.05) is 29.3 Å². The zero-order valence-corrected chi connectivity index (χ0v) is 22.5. The number of nitrogens with one attached hydrogen (secondary N) is 1. The Morgan fingerprint density at radius 2 is 1.60 bits per heavy atom. The topological polar surface area (TPSA) is 90.0 Å². The molecule has 0 spiro atoms. The van der Waals surface area contributed by atoms with Crippen LogP contribution in [0.5, 0.6) is 0 Å². The molecule has 0 fully saturated rings. The fraction of sp³-hybridized carbons (Fsp3) is 0.391. The van der Waals surface area contributed by atoms with E-state index >= 15 is 0 Å². The van der Waals surface area contributed by atoms with Crippen LogP contribution in [0.2, 0.25) is 10.0 Å². The van der Waals surface area contributed by atoms with E-state index in [-0.39, 0.29) is 23.3 Å². The van der Waals surface area contributed by atoms with Crippen molar-refractivity contribution in [3.63, 3.8) is 0 Å². The molecule has 0 heterocycles. The summed E-state index contributed by atoms with van der Waals surface area (Å²) in [5.74, 6) is -1.60. The molecule has 8 nitrogen and oxygen atoms in total. The van der Waals surface area contributed by atoms with Crippen molar-refractivity contribution >= 4 is 50.9 Å². The molecule has 192 valence electrons. The molecule has 0 aliphatic rings. The minimum atomic E-state index is -4.13. The Kier molecular flexibility index (Phi) is 9.91. The van der Waals surface area contributed by atoms with Crippen LogP contribution in [0, 0.1) is 5.82 Å². The lowest BCUT2D eigenvalue weighted by Gasteiger charge is -2.33. The van der Waals surface area contributed by atoms with Gasteiger partial charge in [0.25, 0.3) is 0 Å². The third-order valence-electron chi connectivity index (χ3n) is 5.07. The van der Waals surface area contributed by atoms with E-state index in [1.807, 2.05) is 0 Å². The summed E-state index contributed by atoms with van der Waals surface area (Å²) in [5, 5.41) is 3.37. The smallest absolute Gasteiger partial charge is 0.304 e. The average Bonchev–Trinajstić information content (AvgIpc) is 2.77. The molecule has 0 saturated heterocycles. The molecule has 0 radical (unpaired) electrons. The van der Waals surface area contributed by atoms with E-state index in [0.717, 1.165) is 20.7 Å². The Hall–Kier alpha value is -2.40. The fourth-order valence-corrected chi connectivity index (χ4v) is 4.52. The monoisotopic (exact) mass is 546 g/mol. The van der Waals surface area contributed by atoms with Gasteiger partial charge in [-0.2, -0.15) is 12.7 Å². The number of nitrogens with zero attached hydrogens (tertiary/aromatic N) is 3. The molecule has 1 N–H and O–H groups in total. The predicted octanol–water partition coefficient (Wildman–Crippen LogP) is 3.69. The van der Waals surface area contributed by atoms with Gasteiger partial charge in [-0.15, -0.1) is 0 Å². The van der Waals surface area contributed by atoms with Crippen molar-refractivity contribution in [3.05, 3.63) is 63.9 Å². The first-order valence-electron chi connectivity index (χ1n) is 10.7. The molecular weight excluding hydrogens is 518 g/mol. The largest absolute Gasteiger partial charge is 0.352 e. The SMILES string of the molecule is CC(C)NC(=O)[C@@H](C)N(Cc1ccc(Cl)c(Cl)c1)C(=O)CN(c1ccc(F)cc1)S(=O)(=O)N(C)C. The highest BCUT2D eigenvalue weighted by Crippen LogP contribution is 2.25. The number of halogens is 3. The number of benzene rings is 2. The van der Waals surface area contributed by atoms with E-state index < -0.39 is 40.4 Å². The van der Waals surface area contributed by atoms with Crippen LogP contribution in [0.15, 0.2) is 42.5 Å². The van der Waals surface area contributed by atoms with Crippen LogP contribution in [0.3, 0.4) is 0 Å². The molecule has 2 rings (SSSR count). The van der Waals surface area contributed by atoms with Gasteiger partial charge in [-0.3, -0.25) is 9.59 Å². The summed E-state index contributed by atoms with van der Waals surface area (Å²) in [5.41, 5.74) is 0.697. The van der Waals surface area contributed by atoms with Gasteiger partial charge in [0.2, 0.25) is 11.8 Å². The Morgan fingerprint density at radius 1 is 1.00 bits per heavy atom. The van der Waals surface area contributed by atoms with Crippen LogP contribution in [0.4, 0.5) is 10.1 Å². The quantitative estimate of drug-likeness (QED) is 0.492. The Labute approximate surface area is 215 Å². The van der Waals surface area contributed by atoms with E-state index in [4.69, 9.17) is 23.2 Å². The van der Waals surface area contributed by atoms with Crippen molar-refractivity contribution in [2.45, 2.75) is 39.4 Å². The van der Waals surface area contributed by atoms with Gasteiger partial charge in [0.15, 0.2) is 0 Å². The van der Waals surface area contributed by atoms with E-state index in [2.05, 4.69) is 5.32 Å². The molecule has 12 heteroatoms. The maximum Gasteiger partial charge on any atom is 0.304 e. The maximum atomic E-state index is 13.5. The molecule has 0 unspecified atom stereocenters. The number of carbonyl (C=O) groups excluding carboxylic acids is 2. The summed E-state index contributed by atoms with van der Waals surface area (Å²) in [4.78, 5) is 27.6. The van der Waals surface area contributed by atoms with Crippen LogP contribution in [-0.2, 0) is 26.3 Å². The number of amides is 2. The summed E-state index contributed by atoms with van der Waals surface area (Å²) >= 11 is 12.1. The van der Waals surface area contributed by atoms with Crippen LogP contribution < -0.4 is 9.62 Å². The third-order valence-corrected chi connectivity index (χ3v) is 7.63. The summed E-state index contributed by atoms with van der Waals surface area (Å²) < 4.78 is 41.4. The van der Waals surface area contributed by atoms with Gasteiger partial charge in [0, 0.05) is 26.7 Å². The van der Waals surface area contributed by atoms with Crippen molar-refractivity contribution < 1.29 is 22.4 Å². The van der Waals surface area contributed by atoms with Gasteiger partial charge in [0.1, 0.15) is 18.4 Å². The second kappa shape index (κ2) is 12.0. The zero-order valence-electron chi connectivity index (χ0n) is 20.1. The molecular formula is C23H29Cl2FN4O4S. The number of rotatable bonds is 10. The van der Waals surface area contributed by atoms with Gasteiger partial charge in [-0.05, 0) is 62.7 Å². The van der Waals surface area contributed by atoms with Gasteiger partial charge >= 0.3 is 10.2 Å². The number of anilines is 1. The number of hydrogen-bond acceptors (Lipinski definition) is 4. The van der Waals surface area contributed by atoms with E-state index in [9.17, 15) is 22.4 Å². The van der Waals surface area contributed by atoms with Crippen LogP contribution in [0.25, 0.3) is 0 Å². The van der Waals surface area contributed by atoms with Crippen molar-refractivity contribution in [2.24, 2.45) is 0 Å². The van der Waals surface area contributed by atoms with Gasteiger partial charge in [0.05, 0.1) is 15.7 Å². The standard InChI is InChI=1S/C23H29Cl2FN4O4S/c1-15(2)27-23(32)16(3)29(13-17-6-11-20(24)21(25)12-17)22(31)14-30(35(33,34)28(4)5)19-9-7-18(26)8-10-19/h6-12,15-16H,13-14H2,1-5H3,(H,27,32)/t16-/m1/s1. The minimum absolute atomic E-state index is 0.0261. The first-order chi connectivity index (χ1) is 16.2. The molecule has 0 saturated carbocycles. The number of carbonyl (C=O) groups is 2. The Morgan fingerprint density at radius 3 is 2.11 bits per heavy atom. The van der Waals surface area contributed by atoms with Crippen LogP contribution >= 0.6 is 23.2 Å². The van der Waals surface area contributed by atoms with E-state index in [1.54, 1.807) is 39.0 Å². The molecule has 0 aliphatic carbocycles. The molecule has 2 aromatic rings. The van der Waals surface area contributed by atoms with E-state index in [1.165, 1.54) is 31.1 Å². The van der Waals surface area contributed by atoms with Crippen LogP contribution in [0.1, 0.15) is 26.3 Å². The first kappa shape index (κ1) is 28.8.